The van der Waals surface area contributed by atoms with Gasteiger partial charge in [0.1, 0.15) is 4.70 Å². The molecule has 0 aliphatic carbocycles. The van der Waals surface area contributed by atoms with Crippen molar-refractivity contribution < 1.29 is 17.0 Å². The summed E-state index contributed by atoms with van der Waals surface area (Å²) in [6.07, 6.45) is 4.04. The monoisotopic (exact) mass is 355 g/mol. The Bertz CT molecular complexity index is 1030. The maximum atomic E-state index is 12.0. The molecule has 1 N–H and O–H groups in total. The number of fused-ring (bicyclic) bond motifs is 1. The Labute approximate surface area is 148 Å². The van der Waals surface area contributed by atoms with Crippen LogP contribution in [-0.2, 0) is 6.54 Å². The molecule has 3 heterocycles. The molecule has 0 unspecified atom stereocenters. The highest BCUT2D eigenvalue weighted by Gasteiger charge is 2.10. The van der Waals surface area contributed by atoms with Crippen LogP contribution < -0.4 is 22.5 Å². The number of aromatic nitrogens is 3. The van der Waals surface area contributed by atoms with Crippen LogP contribution in [0.25, 0.3) is 21.3 Å². The molecule has 0 aliphatic heterocycles. The minimum Gasteiger partial charge on any atom is -1.00 e. The normalized spacial score (nSPS) is 10.5. The van der Waals surface area contributed by atoms with E-state index in [4.69, 9.17) is 0 Å². The van der Waals surface area contributed by atoms with E-state index >= 15 is 0 Å². The van der Waals surface area contributed by atoms with Crippen molar-refractivity contribution in [1.82, 2.24) is 9.97 Å². The average molecular weight is 356 g/mol. The summed E-state index contributed by atoms with van der Waals surface area (Å²) in [6, 6.07) is 16.2. The van der Waals surface area contributed by atoms with Gasteiger partial charge in [-0.1, -0.05) is 30.3 Å². The number of halogens is 1. The standard InChI is InChI=1S/C18H13N3OS.ClH/c22-18-17-15(8-10-23-17)19-16(20-18)12-21-9-4-7-14(11-21)13-5-2-1-3-6-13;/h1-11H,12H2;1H. The van der Waals surface area contributed by atoms with E-state index in [2.05, 4.69) is 34.4 Å². The van der Waals surface area contributed by atoms with Gasteiger partial charge in [0.25, 0.3) is 5.56 Å². The first kappa shape index (κ1) is 16.4. The lowest BCUT2D eigenvalue weighted by molar-refractivity contribution is -0.688. The Morgan fingerprint density at radius 3 is 2.67 bits per heavy atom. The minimum atomic E-state index is -0.0696. The number of nitrogens with zero attached hydrogens (tertiary/aromatic N) is 2. The maximum absolute atomic E-state index is 12.0. The molecule has 0 spiro atoms. The first-order valence-corrected chi connectivity index (χ1v) is 8.18. The van der Waals surface area contributed by atoms with Crippen LogP contribution >= 0.6 is 11.3 Å². The molecule has 0 radical (unpaired) electrons. The molecular weight excluding hydrogens is 342 g/mol. The number of pyridine rings is 1. The van der Waals surface area contributed by atoms with Crippen LogP contribution in [0.2, 0.25) is 0 Å². The van der Waals surface area contributed by atoms with Crippen molar-refractivity contribution in [3.8, 4) is 11.1 Å². The third-order valence-corrected chi connectivity index (χ3v) is 4.56. The molecule has 0 saturated carbocycles. The second-order valence-corrected chi connectivity index (χ2v) is 6.19. The Hall–Kier alpha value is -2.50. The fraction of sp³-hybridized carbons (Fsp3) is 0.0556. The lowest BCUT2D eigenvalue weighted by Gasteiger charge is -2.02. The topological polar surface area (TPSA) is 49.6 Å². The van der Waals surface area contributed by atoms with Gasteiger partial charge < -0.3 is 17.4 Å². The molecule has 120 valence electrons. The molecular formula is C18H14ClN3OS. The summed E-state index contributed by atoms with van der Waals surface area (Å²) in [5, 5.41) is 1.89. The summed E-state index contributed by atoms with van der Waals surface area (Å²) in [4.78, 5) is 19.4. The first-order valence-electron chi connectivity index (χ1n) is 7.30. The SMILES string of the molecule is O=c1[nH]c(C[n+]2cccc(-c3ccccc3)c2)nc2ccsc12.[Cl-]. The van der Waals surface area contributed by atoms with Gasteiger partial charge in [0.2, 0.25) is 6.54 Å². The Morgan fingerprint density at radius 1 is 1.04 bits per heavy atom. The number of aromatic amines is 1. The van der Waals surface area contributed by atoms with Crippen LogP contribution in [0.5, 0.6) is 0 Å². The quantitative estimate of drug-likeness (QED) is 0.526. The summed E-state index contributed by atoms with van der Waals surface area (Å²) >= 11 is 1.42. The van der Waals surface area contributed by atoms with E-state index in [0.29, 0.717) is 17.1 Å². The Balaban J connectivity index is 0.00000169. The van der Waals surface area contributed by atoms with Crippen molar-refractivity contribution in [2.45, 2.75) is 6.54 Å². The molecule has 24 heavy (non-hydrogen) atoms. The summed E-state index contributed by atoms with van der Waals surface area (Å²) in [6.45, 7) is 0.529. The van der Waals surface area contributed by atoms with Gasteiger partial charge in [0.05, 0.1) is 5.52 Å². The largest absolute Gasteiger partial charge is 1.00 e. The van der Waals surface area contributed by atoms with Gasteiger partial charge in [-0.25, -0.2) is 4.98 Å². The van der Waals surface area contributed by atoms with Crippen LogP contribution in [0.15, 0.2) is 71.1 Å². The van der Waals surface area contributed by atoms with E-state index < -0.39 is 0 Å². The van der Waals surface area contributed by atoms with Gasteiger partial charge in [-0.2, -0.15) is 4.57 Å². The predicted molar refractivity (Wildman–Crippen MR) is 91.4 cm³/mol. The molecule has 0 atom stereocenters. The number of rotatable bonds is 3. The van der Waals surface area contributed by atoms with Crippen molar-refractivity contribution in [3.63, 3.8) is 0 Å². The fourth-order valence-corrected chi connectivity index (χ4v) is 3.32. The smallest absolute Gasteiger partial charge is 0.269 e. The minimum absolute atomic E-state index is 0. The van der Waals surface area contributed by atoms with Gasteiger partial charge in [-0.15, -0.1) is 11.3 Å². The van der Waals surface area contributed by atoms with Crippen LogP contribution in [0.4, 0.5) is 0 Å². The average Bonchev–Trinajstić information content (AvgIpc) is 3.05. The Kier molecular flexibility index (Phi) is 4.74. The molecule has 0 bridgehead atoms. The lowest BCUT2D eigenvalue weighted by Crippen LogP contribution is -3.00. The highest BCUT2D eigenvalue weighted by molar-refractivity contribution is 7.17. The zero-order valence-electron chi connectivity index (χ0n) is 12.6. The third kappa shape index (κ3) is 3.22. The Morgan fingerprint density at radius 2 is 1.83 bits per heavy atom. The first-order chi connectivity index (χ1) is 11.3. The molecule has 0 amide bonds. The zero-order chi connectivity index (χ0) is 15.6. The summed E-state index contributed by atoms with van der Waals surface area (Å²) in [7, 11) is 0. The zero-order valence-corrected chi connectivity index (χ0v) is 14.2. The number of H-pyrrole nitrogens is 1. The van der Waals surface area contributed by atoms with Gasteiger partial charge in [-0.3, -0.25) is 4.79 Å². The lowest BCUT2D eigenvalue weighted by atomic mass is 10.1. The maximum Gasteiger partial charge on any atom is 0.269 e. The molecule has 1 aromatic carbocycles. The van der Waals surface area contributed by atoms with Crippen molar-refractivity contribution in [3.05, 3.63) is 82.5 Å². The molecule has 0 saturated heterocycles. The fourth-order valence-electron chi connectivity index (χ4n) is 2.59. The summed E-state index contributed by atoms with van der Waals surface area (Å²) in [5.74, 6) is 0.663. The van der Waals surface area contributed by atoms with Crippen LogP contribution in [0, 0.1) is 0 Å². The van der Waals surface area contributed by atoms with E-state index in [1.54, 1.807) is 0 Å². The molecule has 0 aliphatic rings. The van der Waals surface area contributed by atoms with Crippen molar-refractivity contribution >= 4 is 21.6 Å². The number of thiophene rings is 1. The van der Waals surface area contributed by atoms with Gasteiger partial charge >= 0.3 is 0 Å². The second kappa shape index (κ2) is 6.95. The van der Waals surface area contributed by atoms with E-state index in [1.165, 1.54) is 11.3 Å². The second-order valence-electron chi connectivity index (χ2n) is 5.28. The van der Waals surface area contributed by atoms with E-state index in [-0.39, 0.29) is 18.0 Å². The van der Waals surface area contributed by atoms with Gasteiger partial charge in [0, 0.05) is 11.6 Å². The molecule has 3 aromatic heterocycles. The van der Waals surface area contributed by atoms with Crippen LogP contribution in [0.3, 0.4) is 0 Å². The number of nitrogens with one attached hydrogen (secondary N) is 1. The van der Waals surface area contributed by atoms with Crippen LogP contribution in [0.1, 0.15) is 5.82 Å². The highest BCUT2D eigenvalue weighted by atomic mass is 35.5. The molecule has 4 rings (SSSR count). The number of hydrogen-bond donors (Lipinski definition) is 1. The number of hydrogen-bond acceptors (Lipinski definition) is 3. The predicted octanol–water partition coefficient (Wildman–Crippen LogP) is -0.00860. The van der Waals surface area contributed by atoms with Gasteiger partial charge in [0.15, 0.2) is 18.2 Å². The number of benzene rings is 1. The van der Waals surface area contributed by atoms with E-state index in [0.717, 1.165) is 16.6 Å². The van der Waals surface area contributed by atoms with Gasteiger partial charge in [-0.05, 0) is 23.1 Å². The summed E-state index contributed by atoms with van der Waals surface area (Å²) < 4.78 is 2.70. The summed E-state index contributed by atoms with van der Waals surface area (Å²) in [5.41, 5.74) is 2.98. The highest BCUT2D eigenvalue weighted by Crippen LogP contribution is 2.16. The van der Waals surface area contributed by atoms with Crippen LogP contribution in [-0.4, -0.2) is 9.97 Å². The van der Waals surface area contributed by atoms with E-state index in [9.17, 15) is 4.79 Å². The van der Waals surface area contributed by atoms with E-state index in [1.807, 2.05) is 46.5 Å². The van der Waals surface area contributed by atoms with Crippen molar-refractivity contribution in [2.24, 2.45) is 0 Å². The molecule has 0 fully saturated rings. The van der Waals surface area contributed by atoms with Crippen molar-refractivity contribution in [1.29, 1.82) is 0 Å². The third-order valence-electron chi connectivity index (χ3n) is 3.66. The molecule has 4 aromatic rings. The molecule has 4 nitrogen and oxygen atoms in total. The van der Waals surface area contributed by atoms with Crippen molar-refractivity contribution in [2.75, 3.05) is 0 Å². The molecule has 6 heteroatoms.